The summed E-state index contributed by atoms with van der Waals surface area (Å²) in [6.45, 7) is 0. The summed E-state index contributed by atoms with van der Waals surface area (Å²) < 4.78 is 92.9. The number of halogens is 7. The molecule has 0 bridgehead atoms. The first-order valence-corrected chi connectivity index (χ1v) is 11.8. The van der Waals surface area contributed by atoms with E-state index in [-0.39, 0.29) is 12.3 Å². The van der Waals surface area contributed by atoms with Gasteiger partial charge in [0.15, 0.2) is 11.6 Å². The standard InChI is InChI=1S/C25H31F7O/c26-21-14-20(15-22(27)24(21)33-25(30,31)32)19-12-10-18(11-13-19)17-8-6-16(7-9-17)4-2-1-3-5-23(28)29/h1-2,14-19,23H,3-13H2/b2-1+. The highest BCUT2D eigenvalue weighted by Crippen LogP contribution is 2.45. The molecule has 2 aliphatic carbocycles. The van der Waals surface area contributed by atoms with Crippen LogP contribution in [0.3, 0.4) is 0 Å². The van der Waals surface area contributed by atoms with E-state index in [0.717, 1.165) is 69.9 Å². The van der Waals surface area contributed by atoms with Crippen molar-refractivity contribution >= 4 is 0 Å². The fraction of sp³-hybridized carbons (Fsp3) is 0.680. The Kier molecular flexibility index (Phi) is 9.10. The third kappa shape index (κ3) is 7.92. The van der Waals surface area contributed by atoms with Crippen LogP contribution in [0.5, 0.6) is 5.75 Å². The van der Waals surface area contributed by atoms with Crippen LogP contribution in [0.4, 0.5) is 30.7 Å². The van der Waals surface area contributed by atoms with Gasteiger partial charge in [-0.1, -0.05) is 12.2 Å². The van der Waals surface area contributed by atoms with Crippen LogP contribution in [0.25, 0.3) is 0 Å². The summed E-state index contributed by atoms with van der Waals surface area (Å²) in [6.07, 6.45) is 5.69. The van der Waals surface area contributed by atoms with Crippen molar-refractivity contribution in [2.45, 2.75) is 89.3 Å². The fourth-order valence-electron chi connectivity index (χ4n) is 5.48. The number of rotatable bonds is 8. The van der Waals surface area contributed by atoms with Crippen LogP contribution >= 0.6 is 0 Å². The lowest BCUT2D eigenvalue weighted by Crippen LogP contribution is -2.25. The molecule has 3 rings (SSSR count). The van der Waals surface area contributed by atoms with Gasteiger partial charge in [0.25, 0.3) is 0 Å². The Morgan fingerprint density at radius 2 is 1.39 bits per heavy atom. The van der Waals surface area contributed by atoms with Crippen molar-refractivity contribution in [2.75, 3.05) is 0 Å². The second-order valence-corrected chi connectivity index (χ2v) is 9.43. The van der Waals surface area contributed by atoms with Gasteiger partial charge in [0.2, 0.25) is 12.2 Å². The Balaban J connectivity index is 1.44. The summed E-state index contributed by atoms with van der Waals surface area (Å²) in [5, 5.41) is 0. The molecule has 0 unspecified atom stereocenters. The van der Waals surface area contributed by atoms with Crippen molar-refractivity contribution in [1.29, 1.82) is 0 Å². The molecule has 0 heterocycles. The van der Waals surface area contributed by atoms with Gasteiger partial charge in [0, 0.05) is 6.42 Å². The lowest BCUT2D eigenvalue weighted by Gasteiger charge is -2.38. The monoisotopic (exact) mass is 480 g/mol. The molecule has 0 atom stereocenters. The maximum Gasteiger partial charge on any atom is 0.573 e. The van der Waals surface area contributed by atoms with Crippen LogP contribution in [0.15, 0.2) is 24.3 Å². The van der Waals surface area contributed by atoms with Gasteiger partial charge in [-0.25, -0.2) is 17.6 Å². The van der Waals surface area contributed by atoms with Crippen LogP contribution < -0.4 is 4.74 Å². The Hall–Kier alpha value is -1.73. The number of alkyl halides is 5. The van der Waals surface area contributed by atoms with Crippen molar-refractivity contribution in [1.82, 2.24) is 0 Å². The van der Waals surface area contributed by atoms with Gasteiger partial charge in [-0.2, -0.15) is 0 Å². The van der Waals surface area contributed by atoms with Crippen LogP contribution in [-0.2, 0) is 0 Å². The number of hydrogen-bond donors (Lipinski definition) is 0. The van der Waals surface area contributed by atoms with Crippen molar-refractivity contribution in [3.8, 4) is 5.75 Å². The molecular weight excluding hydrogens is 449 g/mol. The summed E-state index contributed by atoms with van der Waals surface area (Å²) in [5.74, 6) is -2.34. The van der Waals surface area contributed by atoms with Crippen LogP contribution in [0.1, 0.15) is 82.1 Å². The van der Waals surface area contributed by atoms with E-state index in [0.29, 0.717) is 29.7 Å². The summed E-state index contributed by atoms with van der Waals surface area (Å²) in [6, 6.07) is 1.93. The van der Waals surface area contributed by atoms with Crippen LogP contribution in [0.2, 0.25) is 0 Å². The minimum atomic E-state index is -5.15. The van der Waals surface area contributed by atoms with Gasteiger partial charge in [0.05, 0.1) is 0 Å². The highest BCUT2D eigenvalue weighted by molar-refractivity contribution is 5.33. The fourth-order valence-corrected chi connectivity index (χ4v) is 5.48. The van der Waals surface area contributed by atoms with E-state index in [2.05, 4.69) is 4.74 Å². The zero-order valence-corrected chi connectivity index (χ0v) is 18.5. The molecule has 0 saturated heterocycles. The molecule has 0 aliphatic heterocycles. The maximum absolute atomic E-state index is 14.1. The molecule has 8 heteroatoms. The normalized spacial score (nSPS) is 26.8. The Morgan fingerprint density at radius 1 is 0.848 bits per heavy atom. The first-order chi connectivity index (χ1) is 15.6. The molecule has 0 N–H and O–H groups in total. The maximum atomic E-state index is 14.1. The molecule has 0 spiro atoms. The first-order valence-electron chi connectivity index (χ1n) is 11.8. The SMILES string of the molecule is Fc1cc(C2CCC(C3CCC(C/C=C/CCC(F)F)CC3)CC2)cc(F)c1OC(F)(F)F. The summed E-state index contributed by atoms with van der Waals surface area (Å²) in [5.41, 5.74) is 0.389. The first kappa shape index (κ1) is 25.9. The van der Waals surface area contributed by atoms with Crippen LogP contribution in [0, 0.1) is 29.4 Å². The average Bonchev–Trinajstić information content (AvgIpc) is 2.76. The summed E-state index contributed by atoms with van der Waals surface area (Å²) in [7, 11) is 0. The highest BCUT2D eigenvalue weighted by Gasteiger charge is 2.35. The number of allylic oxidation sites excluding steroid dienone is 2. The second-order valence-electron chi connectivity index (χ2n) is 9.43. The van der Waals surface area contributed by atoms with Gasteiger partial charge in [-0.05, 0) is 106 Å². The minimum absolute atomic E-state index is 0.0695. The van der Waals surface area contributed by atoms with Gasteiger partial charge in [-0.15, -0.1) is 13.2 Å². The smallest absolute Gasteiger partial charge is 0.399 e. The third-order valence-corrected chi connectivity index (χ3v) is 7.23. The highest BCUT2D eigenvalue weighted by atomic mass is 19.4. The predicted octanol–water partition coefficient (Wildman–Crippen LogP) is 8.94. The van der Waals surface area contributed by atoms with Gasteiger partial charge < -0.3 is 4.74 Å². The van der Waals surface area contributed by atoms with Crippen molar-refractivity contribution < 1.29 is 35.5 Å². The minimum Gasteiger partial charge on any atom is -0.399 e. The Bertz CT molecular complexity index is 750. The molecule has 0 aromatic heterocycles. The lowest BCUT2D eigenvalue weighted by atomic mass is 9.68. The number of hydrogen-bond acceptors (Lipinski definition) is 1. The van der Waals surface area contributed by atoms with E-state index in [1.807, 2.05) is 12.2 Å². The molecule has 2 aliphatic rings. The molecule has 33 heavy (non-hydrogen) atoms. The second kappa shape index (κ2) is 11.6. The Morgan fingerprint density at radius 3 is 1.91 bits per heavy atom. The van der Waals surface area contributed by atoms with Gasteiger partial charge in [0.1, 0.15) is 0 Å². The molecular formula is C25H31F7O. The van der Waals surface area contributed by atoms with Crippen LogP contribution in [-0.4, -0.2) is 12.8 Å². The molecule has 2 fully saturated rings. The molecule has 1 aromatic rings. The van der Waals surface area contributed by atoms with Crippen molar-refractivity contribution in [2.24, 2.45) is 17.8 Å². The summed E-state index contributed by atoms with van der Waals surface area (Å²) >= 11 is 0. The zero-order valence-electron chi connectivity index (χ0n) is 18.5. The molecule has 0 amide bonds. The summed E-state index contributed by atoms with van der Waals surface area (Å²) in [4.78, 5) is 0. The third-order valence-electron chi connectivity index (χ3n) is 7.23. The average molecular weight is 481 g/mol. The predicted molar refractivity (Wildman–Crippen MR) is 112 cm³/mol. The van der Waals surface area contributed by atoms with Crippen molar-refractivity contribution in [3.63, 3.8) is 0 Å². The number of benzene rings is 1. The van der Waals surface area contributed by atoms with E-state index >= 15 is 0 Å². The quantitative estimate of drug-likeness (QED) is 0.267. The van der Waals surface area contributed by atoms with E-state index < -0.39 is 30.2 Å². The van der Waals surface area contributed by atoms with Gasteiger partial charge >= 0.3 is 6.36 Å². The molecule has 186 valence electrons. The topological polar surface area (TPSA) is 9.23 Å². The lowest BCUT2D eigenvalue weighted by molar-refractivity contribution is -0.276. The van der Waals surface area contributed by atoms with E-state index in [4.69, 9.17) is 0 Å². The van der Waals surface area contributed by atoms with Gasteiger partial charge in [-0.3, -0.25) is 0 Å². The molecule has 0 radical (unpaired) electrons. The van der Waals surface area contributed by atoms with E-state index in [1.54, 1.807) is 0 Å². The zero-order chi connectivity index (χ0) is 24.0. The largest absolute Gasteiger partial charge is 0.573 e. The van der Waals surface area contributed by atoms with Crippen molar-refractivity contribution in [3.05, 3.63) is 41.5 Å². The number of ether oxygens (including phenoxy) is 1. The molecule has 1 aromatic carbocycles. The van der Waals surface area contributed by atoms with E-state index in [9.17, 15) is 30.7 Å². The molecule has 2 saturated carbocycles. The Labute approximate surface area is 190 Å². The van der Waals surface area contributed by atoms with E-state index in [1.165, 1.54) is 0 Å². The molecule has 1 nitrogen and oxygen atoms in total.